The number of carbonyl (C=O) groups excluding carboxylic acids is 1. The third kappa shape index (κ3) is 3.83. The number of aliphatic hydroxyl groups is 1. The molecule has 0 aliphatic heterocycles. The lowest BCUT2D eigenvalue weighted by Crippen LogP contribution is -2.31. The number of amides is 2. The topological polar surface area (TPSA) is 78.4 Å². The van der Waals surface area contributed by atoms with Crippen LogP contribution in [-0.2, 0) is 42.3 Å². The molecule has 1 aromatic heterocycles. The van der Waals surface area contributed by atoms with Gasteiger partial charge in [0.25, 0.3) is 0 Å². The number of hydrogen-bond donors (Lipinski definition) is 3. The van der Waals surface area contributed by atoms with Gasteiger partial charge in [0.1, 0.15) is 14.4 Å². The Balaban J connectivity index is 1.55. The van der Waals surface area contributed by atoms with Gasteiger partial charge >= 0.3 is 6.03 Å². The van der Waals surface area contributed by atoms with Gasteiger partial charge < -0.3 is 10.4 Å². The zero-order chi connectivity index (χ0) is 20.9. The van der Waals surface area contributed by atoms with Crippen molar-refractivity contribution in [3.8, 4) is 0 Å². The van der Waals surface area contributed by atoms with E-state index in [2.05, 4.69) is 10.0 Å². The van der Waals surface area contributed by atoms with Crippen molar-refractivity contribution in [2.24, 2.45) is 0 Å². The quantitative estimate of drug-likeness (QED) is 0.629. The molecule has 0 saturated heterocycles. The van der Waals surface area contributed by atoms with Crippen LogP contribution in [-0.4, -0.2) is 15.3 Å². The van der Waals surface area contributed by atoms with E-state index in [-0.39, 0.29) is 5.82 Å². The first kappa shape index (κ1) is 20.8. The fourth-order valence-corrected chi connectivity index (χ4v) is 6.84. The van der Waals surface area contributed by atoms with Crippen molar-refractivity contribution in [3.05, 3.63) is 44.0 Å². The average Bonchev–Trinajstić information content (AvgIpc) is 3.36. The maximum atomic E-state index is 14.8. The van der Waals surface area contributed by atoms with Crippen molar-refractivity contribution < 1.29 is 18.5 Å². The largest absolute Gasteiger partial charge is 0.386 e. The number of rotatable bonds is 4. The van der Waals surface area contributed by atoms with Gasteiger partial charge in [-0.3, -0.25) is 4.72 Å². The van der Waals surface area contributed by atoms with E-state index in [9.17, 15) is 18.5 Å². The molecule has 29 heavy (non-hydrogen) atoms. The molecular formula is C20H22ClFN2O3S2. The van der Waals surface area contributed by atoms with Crippen LogP contribution in [0.5, 0.6) is 0 Å². The highest BCUT2D eigenvalue weighted by atomic mass is 35.5. The summed E-state index contributed by atoms with van der Waals surface area (Å²) in [4.78, 5) is 12.6. The minimum absolute atomic E-state index is 0.105. The van der Waals surface area contributed by atoms with Crippen molar-refractivity contribution in [1.29, 1.82) is 0 Å². The Bertz CT molecular complexity index is 995. The van der Waals surface area contributed by atoms with E-state index in [1.165, 1.54) is 6.07 Å². The molecule has 0 saturated carbocycles. The molecule has 2 amide bonds. The molecule has 3 N–H and O–H groups in total. The second-order valence-electron chi connectivity index (χ2n) is 7.95. The van der Waals surface area contributed by atoms with Crippen molar-refractivity contribution in [2.45, 2.75) is 62.2 Å². The van der Waals surface area contributed by atoms with Gasteiger partial charge in [-0.1, -0.05) is 11.6 Å². The van der Waals surface area contributed by atoms with E-state index >= 15 is 0 Å². The number of urea groups is 1. The van der Waals surface area contributed by atoms with Gasteiger partial charge in [0.15, 0.2) is 11.0 Å². The van der Waals surface area contributed by atoms with Crippen LogP contribution >= 0.6 is 22.9 Å². The molecule has 1 atom stereocenters. The Hall–Kier alpha value is -1.48. The molecule has 1 aromatic carbocycles. The fourth-order valence-electron chi connectivity index (χ4n) is 4.17. The highest BCUT2D eigenvalue weighted by Crippen LogP contribution is 2.41. The van der Waals surface area contributed by atoms with Gasteiger partial charge in [0, 0.05) is 11.3 Å². The molecule has 1 unspecified atom stereocenters. The second kappa shape index (κ2) is 7.65. The number of carbonyl (C=O) groups is 1. The van der Waals surface area contributed by atoms with Gasteiger partial charge in [-0.2, -0.15) is 0 Å². The standard InChI is InChI=1S/C20H22ClFN2O3S2/c1-20(2,26)14-9-15(28-18(14)21)29(27)24-19(25)23-17-12-7-3-5-10(12)16(22)11-6-4-8-13(11)17/h9,26H,3-8H2,1-2H3,(H2,23,24,25). The van der Waals surface area contributed by atoms with E-state index < -0.39 is 22.6 Å². The van der Waals surface area contributed by atoms with Crippen LogP contribution in [0.4, 0.5) is 14.9 Å². The summed E-state index contributed by atoms with van der Waals surface area (Å²) in [6, 6.07) is 0.934. The van der Waals surface area contributed by atoms with Crippen molar-refractivity contribution in [3.63, 3.8) is 0 Å². The number of fused-ring (bicyclic) bond motifs is 2. The second-order valence-corrected chi connectivity index (χ2v) is 11.0. The van der Waals surface area contributed by atoms with Gasteiger partial charge in [0.2, 0.25) is 0 Å². The normalized spacial score (nSPS) is 16.4. The van der Waals surface area contributed by atoms with E-state index in [1.807, 2.05) is 0 Å². The maximum absolute atomic E-state index is 14.8. The molecule has 4 rings (SSSR count). The Morgan fingerprint density at radius 2 is 1.72 bits per heavy atom. The summed E-state index contributed by atoms with van der Waals surface area (Å²) in [5, 5.41) is 13.0. The predicted molar refractivity (Wildman–Crippen MR) is 114 cm³/mol. The molecular weight excluding hydrogens is 435 g/mol. The lowest BCUT2D eigenvalue weighted by Gasteiger charge is -2.17. The molecule has 0 radical (unpaired) electrons. The van der Waals surface area contributed by atoms with Crippen LogP contribution in [0.3, 0.4) is 0 Å². The first-order valence-electron chi connectivity index (χ1n) is 9.53. The summed E-state index contributed by atoms with van der Waals surface area (Å²) in [5.74, 6) is -0.105. The fraction of sp³-hybridized carbons (Fsp3) is 0.450. The lowest BCUT2D eigenvalue weighted by molar-refractivity contribution is 0.0790. The average molecular weight is 457 g/mol. The molecule has 2 aromatic rings. The summed E-state index contributed by atoms with van der Waals surface area (Å²) >= 11 is 7.20. The molecule has 0 bridgehead atoms. The molecule has 2 aliphatic rings. The van der Waals surface area contributed by atoms with E-state index in [0.29, 0.717) is 43.8 Å². The van der Waals surface area contributed by atoms with Crippen LogP contribution in [0.2, 0.25) is 4.34 Å². The van der Waals surface area contributed by atoms with Gasteiger partial charge in [-0.05, 0) is 80.7 Å². The Morgan fingerprint density at radius 1 is 1.17 bits per heavy atom. The van der Waals surface area contributed by atoms with Crippen molar-refractivity contribution in [2.75, 3.05) is 5.32 Å². The van der Waals surface area contributed by atoms with Gasteiger partial charge in [-0.25, -0.2) is 13.4 Å². The number of hydrogen-bond acceptors (Lipinski definition) is 4. The Morgan fingerprint density at radius 3 is 2.24 bits per heavy atom. The minimum Gasteiger partial charge on any atom is -0.386 e. The zero-order valence-electron chi connectivity index (χ0n) is 16.2. The molecule has 2 aliphatic carbocycles. The summed E-state index contributed by atoms with van der Waals surface area (Å²) in [6.45, 7) is 3.17. The monoisotopic (exact) mass is 456 g/mol. The molecule has 0 fully saturated rings. The van der Waals surface area contributed by atoms with E-state index in [0.717, 1.165) is 48.1 Å². The first-order valence-corrected chi connectivity index (χ1v) is 11.9. The van der Waals surface area contributed by atoms with Crippen LogP contribution in [0, 0.1) is 5.82 Å². The highest BCUT2D eigenvalue weighted by molar-refractivity contribution is 7.86. The van der Waals surface area contributed by atoms with Gasteiger partial charge in [0.05, 0.1) is 5.60 Å². The lowest BCUT2D eigenvalue weighted by atomic mass is 9.98. The number of thiophene rings is 1. The number of anilines is 1. The van der Waals surface area contributed by atoms with Crippen molar-refractivity contribution in [1.82, 2.24) is 4.72 Å². The Kier molecular flexibility index (Phi) is 5.48. The number of halogens is 2. The summed E-state index contributed by atoms with van der Waals surface area (Å²) in [7, 11) is -1.83. The summed E-state index contributed by atoms with van der Waals surface area (Å²) in [6.07, 6.45) is 4.56. The smallest absolute Gasteiger partial charge is 0.331 e. The van der Waals surface area contributed by atoms with E-state index in [4.69, 9.17) is 11.6 Å². The Labute approximate surface area is 180 Å². The van der Waals surface area contributed by atoms with Crippen LogP contribution in [0.25, 0.3) is 0 Å². The molecule has 1 heterocycles. The van der Waals surface area contributed by atoms with Crippen LogP contribution < -0.4 is 10.0 Å². The van der Waals surface area contributed by atoms with Crippen LogP contribution in [0.15, 0.2) is 10.3 Å². The minimum atomic E-state index is -1.83. The van der Waals surface area contributed by atoms with Gasteiger partial charge in [-0.15, -0.1) is 11.3 Å². The number of benzene rings is 1. The molecule has 5 nitrogen and oxygen atoms in total. The highest BCUT2D eigenvalue weighted by Gasteiger charge is 2.30. The number of nitrogens with one attached hydrogen (secondary N) is 2. The first-order chi connectivity index (χ1) is 13.7. The third-order valence-electron chi connectivity index (χ3n) is 5.50. The van der Waals surface area contributed by atoms with E-state index in [1.54, 1.807) is 13.8 Å². The summed E-state index contributed by atoms with van der Waals surface area (Å²) in [5.41, 5.74) is 3.13. The predicted octanol–water partition coefficient (Wildman–Crippen LogP) is 4.59. The molecule has 0 spiro atoms. The summed E-state index contributed by atoms with van der Waals surface area (Å²) < 4.78 is 30.5. The third-order valence-corrected chi connectivity index (χ3v) is 8.21. The molecule has 156 valence electrons. The molecule has 9 heteroatoms. The van der Waals surface area contributed by atoms with Crippen LogP contribution in [0.1, 0.15) is 54.5 Å². The zero-order valence-corrected chi connectivity index (χ0v) is 18.5. The van der Waals surface area contributed by atoms with Crippen molar-refractivity contribution >= 4 is 45.6 Å². The maximum Gasteiger partial charge on any atom is 0.331 e. The SMILES string of the molecule is CC(C)(O)c1cc(S(=O)NC(=O)Nc2c3c(c(F)c4c2CCC4)CCC3)sc1Cl.